The van der Waals surface area contributed by atoms with Crippen LogP contribution in [-0.2, 0) is 24.0 Å². The number of piperidine rings is 3. The molecule has 7 heterocycles. The zero-order valence-electron chi connectivity index (χ0n) is 63.9. The number of imide groups is 1. The minimum atomic E-state index is -0.695. The van der Waals surface area contributed by atoms with E-state index < -0.39 is 18.0 Å². The summed E-state index contributed by atoms with van der Waals surface area (Å²) in [6.45, 7) is 12.0. The molecule has 3 saturated carbocycles. The van der Waals surface area contributed by atoms with Crippen LogP contribution in [0.15, 0.2) is 109 Å². The zero-order valence-corrected chi connectivity index (χ0v) is 76.2. The molecule has 6 N–H and O–H groups in total. The number of hydrogen-bond donors (Lipinski definition) is 6. The fraction of sp³-hybridized carbons (Fsp3) is 0.469. The van der Waals surface area contributed by atoms with Crippen LogP contribution < -0.4 is 74.2 Å². The summed E-state index contributed by atoms with van der Waals surface area (Å²) in [7, 11) is 0. The Balaban J connectivity index is 0.000000196. The van der Waals surface area contributed by atoms with E-state index in [1.165, 1.54) is 0 Å². The van der Waals surface area contributed by atoms with E-state index in [9.17, 15) is 43.2 Å². The first-order valence-electron chi connectivity index (χ1n) is 38.9. The number of nitrogens with zero attached hydrogens (tertiary/aromatic N) is 11. The van der Waals surface area contributed by atoms with E-state index in [4.69, 9.17) is 43.2 Å². The number of nitriles is 2. The maximum Gasteiger partial charge on any atom is 0.272 e. The van der Waals surface area contributed by atoms with Crippen molar-refractivity contribution in [2.45, 2.75) is 146 Å². The second kappa shape index (κ2) is 47.1. The molecule has 35 heteroatoms. The number of piperazine rings is 2. The number of carbonyl (C=O) groups is 9. The van der Waals surface area contributed by atoms with Gasteiger partial charge < -0.3 is 60.5 Å². The molecular formula is C81H93Cl2I5N17O11-. The SMILES string of the molecule is II.I[I-]I.N#Cc1ccc(OC2CCC(NC(=O)c3ccc(N4CCC(C=O)CC4)nn3)CC2)cc1Cl.N#Cc1ccc(OC2CCC(NC(=O)c3ccc(N4CCC(CN5CCN(c6ccc(C(=O)NC7CCC(=O)NC7=O)cc6)CC5)CC4)nn3)CC2)cc1Cl.O=C1CCC(NC(=O)c2ccc(N3CCNCC3)cc2)C(=O)C1. The van der Waals surface area contributed by atoms with Crippen LogP contribution in [0.2, 0.25) is 10.0 Å². The maximum atomic E-state index is 13.0. The smallest absolute Gasteiger partial charge is 0.272 e. The number of nitrogens with one attached hydrogen (secondary N) is 6. The standard InChI is InChI=1S/C40H46ClN9O5.C24H26ClN5O3.C17H21N3O3.I3.I2/c41-33-23-32(8-3-28(33)24-42)55-31-9-4-29(5-10-31)43-40(54)35-11-13-36(47-46-35)50-17-15-26(16-18-50)25-48-19-21-49(22-20-48)30-6-1-27(2-7-30)38(52)44-34-12-14-37(51)45-39(34)53;25-21-13-20(4-1-17(21)14-26)33-19-5-2-18(3-6-19)27-24(32)22-7-8-23(29-28-22)30-11-9-16(15-31)10-12-30;21-14-5-6-15(16(22)11-14)19-17(23)12-1-3-13(4-2-12)20-9-7-18-8-10-20;1-3-2;1-2/h1-3,6-8,11,13,23,26,29,31,34H,4-5,9-10,12,14-22,25H2,(H,43,54)(H,44,52)(H,45,51,53);1,4,7-8,13,15-16,18-19H,2-3,5-6,9-12H2,(H,27,32);1-4,15,18H,5-11H2,(H,19,23);;/q;;;-1;. The molecule has 8 aliphatic rings. The Morgan fingerprint density at radius 2 is 0.966 bits per heavy atom. The molecule has 0 spiro atoms. The number of aldehydes is 1. The van der Waals surface area contributed by atoms with Gasteiger partial charge in [0.2, 0.25) is 11.8 Å². The third kappa shape index (κ3) is 27.5. The molecule has 28 nitrogen and oxygen atoms in total. The van der Waals surface area contributed by atoms with Gasteiger partial charge in [-0.2, -0.15) is 10.5 Å². The van der Waals surface area contributed by atoms with Gasteiger partial charge in [-0.15, -0.1) is 20.4 Å². The fourth-order valence-corrected chi connectivity index (χ4v) is 15.6. The number of aromatic nitrogens is 4. The Bertz CT molecular complexity index is 4400. The van der Waals surface area contributed by atoms with Crippen LogP contribution in [-0.4, -0.2) is 200 Å². The van der Waals surface area contributed by atoms with Gasteiger partial charge in [0, 0.05) is 188 Å². The van der Waals surface area contributed by atoms with Crippen LogP contribution in [0.25, 0.3) is 0 Å². The Labute approximate surface area is 738 Å². The predicted molar refractivity (Wildman–Crippen MR) is 472 cm³/mol. The normalized spacial score (nSPS) is 21.2. The Kier molecular flexibility index (Phi) is 37.1. The third-order valence-electron chi connectivity index (χ3n) is 21.8. The quantitative estimate of drug-likeness (QED) is 0.0192. The number of ketones is 2. The van der Waals surface area contributed by atoms with Gasteiger partial charge in [0.05, 0.1) is 45.8 Å². The third-order valence-corrected chi connectivity index (χ3v) is 22.4. The van der Waals surface area contributed by atoms with E-state index in [2.05, 4.69) is 157 Å². The molecule has 14 rings (SSSR count). The fourth-order valence-electron chi connectivity index (χ4n) is 15.2. The predicted octanol–water partition coefficient (Wildman–Crippen LogP) is 8.30. The average molecular weight is 2190 g/mol. The molecule has 2 atom stereocenters. The number of rotatable bonds is 19. The molecule has 5 saturated heterocycles. The topological polar surface area (TPSA) is 360 Å². The van der Waals surface area contributed by atoms with Crippen molar-refractivity contribution in [3.8, 4) is 23.6 Å². The number of carbonyl (C=O) groups excluding carboxylic acids is 9. The van der Waals surface area contributed by atoms with Gasteiger partial charge in [0.25, 0.3) is 23.6 Å². The Morgan fingerprint density at radius 1 is 0.517 bits per heavy atom. The summed E-state index contributed by atoms with van der Waals surface area (Å²) in [6.07, 6.45) is 12.5. The summed E-state index contributed by atoms with van der Waals surface area (Å²) in [5, 5.41) is 53.1. The summed E-state index contributed by atoms with van der Waals surface area (Å²) >= 11 is 21.8. The van der Waals surface area contributed by atoms with E-state index in [1.807, 2.05) is 42.5 Å². The number of Topliss-reactive ketones (excluding diaryl/α,β-unsaturated/α-hetero) is 2. The van der Waals surface area contributed by atoms with Crippen molar-refractivity contribution < 1.29 is 65.9 Å². The molecule has 5 aliphatic heterocycles. The Hall–Kier alpha value is -7.00. The van der Waals surface area contributed by atoms with Gasteiger partial charge in [-0.1, -0.05) is 23.2 Å². The van der Waals surface area contributed by atoms with Crippen molar-refractivity contribution in [1.29, 1.82) is 10.5 Å². The first-order chi connectivity index (χ1) is 56.3. The maximum absolute atomic E-state index is 13.0. The van der Waals surface area contributed by atoms with Crippen molar-refractivity contribution >= 4 is 174 Å². The van der Waals surface area contributed by atoms with Crippen molar-refractivity contribution in [2.75, 3.05) is 105 Å². The van der Waals surface area contributed by atoms with Crippen molar-refractivity contribution in [3.63, 3.8) is 0 Å². The summed E-state index contributed by atoms with van der Waals surface area (Å²) in [5.74, 6) is 1.53. The molecule has 6 aromatic rings. The zero-order chi connectivity index (χ0) is 82.5. The first-order valence-corrected chi connectivity index (χ1v) is 58.5. The summed E-state index contributed by atoms with van der Waals surface area (Å²) in [5.41, 5.74) is 4.64. The van der Waals surface area contributed by atoms with Gasteiger partial charge in [-0.05, 0) is 193 Å². The van der Waals surface area contributed by atoms with Gasteiger partial charge in [-0.25, -0.2) is 0 Å². The van der Waals surface area contributed by atoms with E-state index >= 15 is 0 Å². The molecule has 3 aliphatic carbocycles. The molecule has 0 radical (unpaired) electrons. The second-order valence-corrected chi connectivity index (χ2v) is 46.5. The molecule has 618 valence electrons. The van der Waals surface area contributed by atoms with E-state index in [-0.39, 0.29) is 84.2 Å². The molecule has 116 heavy (non-hydrogen) atoms. The van der Waals surface area contributed by atoms with Crippen LogP contribution >= 0.6 is 97.7 Å². The minimum Gasteiger partial charge on any atom is -0.490 e. The summed E-state index contributed by atoms with van der Waals surface area (Å²) in [4.78, 5) is 119. The van der Waals surface area contributed by atoms with Gasteiger partial charge >= 0.3 is 50.5 Å². The second-order valence-electron chi connectivity index (χ2n) is 29.5. The Morgan fingerprint density at radius 3 is 1.39 bits per heavy atom. The molecule has 4 aromatic carbocycles. The van der Waals surface area contributed by atoms with Crippen LogP contribution in [0.1, 0.15) is 162 Å². The van der Waals surface area contributed by atoms with Crippen LogP contribution in [0.4, 0.5) is 23.0 Å². The average Bonchev–Trinajstić information content (AvgIpc) is 0.831. The molecule has 0 bridgehead atoms. The largest absolute Gasteiger partial charge is 0.490 e. The van der Waals surface area contributed by atoms with Gasteiger partial charge in [0.1, 0.15) is 41.7 Å². The molecule has 8 fully saturated rings. The summed E-state index contributed by atoms with van der Waals surface area (Å²) < 4.78 is 12.1. The van der Waals surface area contributed by atoms with Crippen molar-refractivity contribution in [2.24, 2.45) is 11.8 Å². The van der Waals surface area contributed by atoms with Crippen LogP contribution in [0.5, 0.6) is 11.5 Å². The molecule has 2 aromatic heterocycles. The number of anilines is 4. The van der Waals surface area contributed by atoms with Crippen LogP contribution in [0, 0.1) is 34.5 Å². The monoisotopic (exact) mass is 2180 g/mol. The minimum absolute atomic E-state index is 0.0286. The molecular weight excluding hydrogens is 2090 g/mol. The van der Waals surface area contributed by atoms with Crippen LogP contribution in [0.3, 0.4) is 0 Å². The number of ether oxygens (including phenoxy) is 2. The van der Waals surface area contributed by atoms with Gasteiger partial charge in [0.15, 0.2) is 28.8 Å². The van der Waals surface area contributed by atoms with E-state index in [0.717, 1.165) is 191 Å². The molecule has 2 unspecified atom stereocenters. The van der Waals surface area contributed by atoms with Crippen molar-refractivity contribution in [3.05, 3.63) is 153 Å². The number of benzene rings is 4. The van der Waals surface area contributed by atoms with E-state index in [1.54, 1.807) is 72.8 Å². The number of halogens is 7. The van der Waals surface area contributed by atoms with E-state index in [0.29, 0.717) is 93.6 Å². The molecule has 6 amide bonds. The van der Waals surface area contributed by atoms with Crippen molar-refractivity contribution in [1.82, 2.24) is 57.2 Å². The summed E-state index contributed by atoms with van der Waals surface area (Å²) in [6, 6.07) is 35.2. The van der Waals surface area contributed by atoms with Gasteiger partial charge in [-0.3, -0.25) is 48.6 Å². The number of hydrogen-bond acceptors (Lipinski definition) is 23. The number of amides is 6. The first kappa shape index (κ1) is 91.3.